The van der Waals surface area contributed by atoms with Crippen LogP contribution in [0.25, 0.3) is 0 Å². The number of imidazole rings is 1. The summed E-state index contributed by atoms with van der Waals surface area (Å²) in [6.07, 6.45) is 3.76. The molecule has 2 rings (SSSR count). The van der Waals surface area contributed by atoms with Crippen LogP contribution in [0.4, 0.5) is 0 Å². The van der Waals surface area contributed by atoms with Crippen LogP contribution in [0.5, 0.6) is 5.75 Å². The number of methoxy groups -OCH3 is 1. The highest BCUT2D eigenvalue weighted by Gasteiger charge is 2.19. The van der Waals surface area contributed by atoms with E-state index in [9.17, 15) is 0 Å². The molecule has 0 aliphatic carbocycles. The molecule has 0 saturated carbocycles. The lowest BCUT2D eigenvalue weighted by Crippen LogP contribution is -2.24. The second-order valence-electron chi connectivity index (χ2n) is 5.10. The lowest BCUT2D eigenvalue weighted by atomic mass is 9.96. The monoisotopic (exact) mass is 273 g/mol. The SMILES string of the molecule is CCNC(c1cc(C)c(OC)cc1C)c1cncn1C. The molecule has 20 heavy (non-hydrogen) atoms. The minimum Gasteiger partial charge on any atom is -0.496 e. The summed E-state index contributed by atoms with van der Waals surface area (Å²) in [4.78, 5) is 4.23. The van der Waals surface area contributed by atoms with Gasteiger partial charge in [-0.05, 0) is 43.1 Å². The van der Waals surface area contributed by atoms with Crippen LogP contribution in [0.3, 0.4) is 0 Å². The quantitative estimate of drug-likeness (QED) is 0.910. The Hall–Kier alpha value is -1.81. The van der Waals surface area contributed by atoms with Crippen LogP contribution in [0.15, 0.2) is 24.7 Å². The van der Waals surface area contributed by atoms with E-state index in [1.807, 2.05) is 19.6 Å². The molecule has 0 aliphatic heterocycles. The second-order valence-corrected chi connectivity index (χ2v) is 5.10. The molecular formula is C16H23N3O. The largest absolute Gasteiger partial charge is 0.496 e. The number of hydrogen-bond donors (Lipinski definition) is 1. The van der Waals surface area contributed by atoms with E-state index >= 15 is 0 Å². The molecule has 108 valence electrons. The van der Waals surface area contributed by atoms with E-state index in [2.05, 4.69) is 47.8 Å². The Bertz CT molecular complexity index is 589. The summed E-state index contributed by atoms with van der Waals surface area (Å²) in [7, 11) is 3.74. The maximum Gasteiger partial charge on any atom is 0.122 e. The molecule has 4 heteroatoms. The lowest BCUT2D eigenvalue weighted by Gasteiger charge is -2.22. The van der Waals surface area contributed by atoms with Crippen molar-refractivity contribution in [3.05, 3.63) is 47.0 Å². The topological polar surface area (TPSA) is 39.1 Å². The number of aryl methyl sites for hydroxylation is 3. The fourth-order valence-electron chi connectivity index (χ4n) is 2.57. The Morgan fingerprint density at radius 1 is 1.30 bits per heavy atom. The normalized spacial score (nSPS) is 12.4. The van der Waals surface area contributed by atoms with Crippen LogP contribution >= 0.6 is 0 Å². The van der Waals surface area contributed by atoms with E-state index in [0.717, 1.165) is 17.9 Å². The summed E-state index contributed by atoms with van der Waals surface area (Å²) in [5, 5.41) is 3.55. The van der Waals surface area contributed by atoms with Gasteiger partial charge in [0.25, 0.3) is 0 Å². The number of nitrogens with zero attached hydrogens (tertiary/aromatic N) is 2. The molecule has 0 spiro atoms. The highest BCUT2D eigenvalue weighted by Crippen LogP contribution is 2.29. The van der Waals surface area contributed by atoms with Crippen molar-refractivity contribution < 1.29 is 4.74 Å². The van der Waals surface area contributed by atoms with E-state index in [4.69, 9.17) is 4.74 Å². The maximum atomic E-state index is 5.40. The average Bonchev–Trinajstić information content (AvgIpc) is 2.84. The predicted molar refractivity (Wildman–Crippen MR) is 81.2 cm³/mol. The van der Waals surface area contributed by atoms with Crippen LogP contribution < -0.4 is 10.1 Å². The zero-order valence-electron chi connectivity index (χ0n) is 12.9. The first-order valence-electron chi connectivity index (χ1n) is 6.93. The number of hydrogen-bond acceptors (Lipinski definition) is 3. The van der Waals surface area contributed by atoms with Gasteiger partial charge < -0.3 is 14.6 Å². The van der Waals surface area contributed by atoms with Gasteiger partial charge in [-0.1, -0.05) is 13.0 Å². The molecule has 2 aromatic rings. The second kappa shape index (κ2) is 6.09. The summed E-state index contributed by atoms with van der Waals surface area (Å²) in [5.41, 5.74) is 4.81. The highest BCUT2D eigenvalue weighted by atomic mass is 16.5. The minimum absolute atomic E-state index is 0.150. The fourth-order valence-corrected chi connectivity index (χ4v) is 2.57. The molecule has 0 amide bonds. The molecule has 1 N–H and O–H groups in total. The Balaban J connectivity index is 2.50. The third-order valence-corrected chi connectivity index (χ3v) is 3.65. The van der Waals surface area contributed by atoms with Crippen molar-refractivity contribution >= 4 is 0 Å². The van der Waals surface area contributed by atoms with Gasteiger partial charge in [0.15, 0.2) is 0 Å². The van der Waals surface area contributed by atoms with Crippen LogP contribution in [0.1, 0.15) is 35.3 Å². The van der Waals surface area contributed by atoms with Crippen molar-refractivity contribution in [1.82, 2.24) is 14.9 Å². The molecule has 1 unspecified atom stereocenters. The standard InChI is InChI=1S/C16H23N3O/c1-6-18-16(14-9-17-10-19(14)4)13-7-12(3)15(20-5)8-11(13)2/h7-10,16,18H,6H2,1-5H3. The predicted octanol–water partition coefficient (Wildman–Crippen LogP) is 2.74. The van der Waals surface area contributed by atoms with Gasteiger partial charge in [-0.15, -0.1) is 0 Å². The third kappa shape index (κ3) is 2.70. The Kier molecular flexibility index (Phi) is 4.45. The Morgan fingerprint density at radius 3 is 2.60 bits per heavy atom. The Morgan fingerprint density at radius 2 is 2.05 bits per heavy atom. The van der Waals surface area contributed by atoms with Gasteiger partial charge in [0.05, 0.1) is 31.4 Å². The summed E-state index contributed by atoms with van der Waals surface area (Å²) in [6.45, 7) is 7.22. The number of aromatic nitrogens is 2. The van der Waals surface area contributed by atoms with E-state index in [-0.39, 0.29) is 6.04 Å². The molecule has 1 atom stereocenters. The molecule has 0 radical (unpaired) electrons. The van der Waals surface area contributed by atoms with Crippen molar-refractivity contribution in [2.45, 2.75) is 26.8 Å². The van der Waals surface area contributed by atoms with Crippen molar-refractivity contribution in [2.75, 3.05) is 13.7 Å². The summed E-state index contributed by atoms with van der Waals surface area (Å²) >= 11 is 0. The zero-order chi connectivity index (χ0) is 14.7. The van der Waals surface area contributed by atoms with E-state index in [1.54, 1.807) is 7.11 Å². The van der Waals surface area contributed by atoms with E-state index in [0.29, 0.717) is 0 Å². The highest BCUT2D eigenvalue weighted by molar-refractivity contribution is 5.44. The van der Waals surface area contributed by atoms with Gasteiger partial charge in [0.1, 0.15) is 5.75 Å². The number of ether oxygens (including phenoxy) is 1. The van der Waals surface area contributed by atoms with Crippen LogP contribution in [0, 0.1) is 13.8 Å². The van der Waals surface area contributed by atoms with Gasteiger partial charge in [0.2, 0.25) is 0 Å². The molecule has 0 fully saturated rings. The molecule has 0 aliphatic rings. The molecule has 4 nitrogen and oxygen atoms in total. The van der Waals surface area contributed by atoms with Crippen LogP contribution in [-0.2, 0) is 7.05 Å². The number of benzene rings is 1. The first-order chi connectivity index (χ1) is 9.58. The average molecular weight is 273 g/mol. The van der Waals surface area contributed by atoms with Crippen molar-refractivity contribution in [3.63, 3.8) is 0 Å². The fraction of sp³-hybridized carbons (Fsp3) is 0.438. The third-order valence-electron chi connectivity index (χ3n) is 3.65. The molecule has 0 saturated heterocycles. The van der Waals surface area contributed by atoms with Gasteiger partial charge in [0, 0.05) is 7.05 Å². The van der Waals surface area contributed by atoms with Crippen molar-refractivity contribution in [1.29, 1.82) is 0 Å². The lowest BCUT2D eigenvalue weighted by molar-refractivity contribution is 0.411. The minimum atomic E-state index is 0.150. The van der Waals surface area contributed by atoms with Crippen LogP contribution in [-0.4, -0.2) is 23.2 Å². The van der Waals surface area contributed by atoms with Gasteiger partial charge in [-0.3, -0.25) is 0 Å². The van der Waals surface area contributed by atoms with Crippen molar-refractivity contribution in [2.24, 2.45) is 7.05 Å². The Labute approximate surface area is 120 Å². The summed E-state index contributed by atoms with van der Waals surface area (Å²) < 4.78 is 7.46. The van der Waals surface area contributed by atoms with Crippen molar-refractivity contribution in [3.8, 4) is 5.75 Å². The molecule has 0 bridgehead atoms. The summed E-state index contributed by atoms with van der Waals surface area (Å²) in [6, 6.07) is 4.46. The molecule has 1 heterocycles. The smallest absolute Gasteiger partial charge is 0.122 e. The number of nitrogens with one attached hydrogen (secondary N) is 1. The van der Waals surface area contributed by atoms with E-state index in [1.165, 1.54) is 16.8 Å². The first-order valence-corrected chi connectivity index (χ1v) is 6.93. The molecule has 1 aromatic carbocycles. The van der Waals surface area contributed by atoms with Gasteiger partial charge in [-0.2, -0.15) is 0 Å². The molecule has 1 aromatic heterocycles. The number of rotatable bonds is 5. The maximum absolute atomic E-state index is 5.40. The molecular weight excluding hydrogens is 250 g/mol. The van der Waals surface area contributed by atoms with Gasteiger partial charge >= 0.3 is 0 Å². The van der Waals surface area contributed by atoms with Crippen LogP contribution in [0.2, 0.25) is 0 Å². The first kappa shape index (κ1) is 14.6. The van der Waals surface area contributed by atoms with Gasteiger partial charge in [-0.25, -0.2) is 4.98 Å². The zero-order valence-corrected chi connectivity index (χ0v) is 12.9. The van der Waals surface area contributed by atoms with E-state index < -0.39 is 0 Å². The summed E-state index contributed by atoms with van der Waals surface area (Å²) in [5.74, 6) is 0.937.